The molecule has 0 radical (unpaired) electrons. The predicted molar refractivity (Wildman–Crippen MR) is 129 cm³/mol. The first kappa shape index (κ1) is 23.9. The number of amides is 2. The number of hydrogen-bond donors (Lipinski definition) is 1. The third kappa shape index (κ3) is 5.46. The Labute approximate surface area is 206 Å². The molecule has 0 atom stereocenters. The molecule has 8 nitrogen and oxygen atoms in total. The summed E-state index contributed by atoms with van der Waals surface area (Å²) in [5.74, 6) is -0.498. The van der Waals surface area contributed by atoms with Gasteiger partial charge in [0.05, 0.1) is 23.0 Å². The molecule has 1 fully saturated rings. The molecule has 0 bridgehead atoms. The van der Waals surface area contributed by atoms with E-state index in [1.54, 1.807) is 49.4 Å². The number of nitrogens with zero attached hydrogens (tertiary/aromatic N) is 4. The average Bonchev–Trinajstić information content (AvgIpc) is 3.51. The highest BCUT2D eigenvalue weighted by atomic mass is 35.5. The van der Waals surface area contributed by atoms with Crippen molar-refractivity contribution in [1.29, 1.82) is 0 Å². The van der Waals surface area contributed by atoms with E-state index in [9.17, 15) is 14.4 Å². The topological polar surface area (TPSA) is 99.3 Å². The van der Waals surface area contributed by atoms with Crippen molar-refractivity contribution < 1.29 is 14.4 Å². The van der Waals surface area contributed by atoms with Crippen molar-refractivity contribution in [3.63, 3.8) is 0 Å². The van der Waals surface area contributed by atoms with Gasteiger partial charge in [-0.15, -0.1) is 0 Å². The van der Waals surface area contributed by atoms with Crippen LogP contribution in [0, 0.1) is 6.92 Å². The fourth-order valence-electron chi connectivity index (χ4n) is 3.81. The van der Waals surface area contributed by atoms with Crippen LogP contribution in [0.25, 0.3) is 0 Å². The Hall–Kier alpha value is -3.23. The van der Waals surface area contributed by atoms with Gasteiger partial charge in [-0.25, -0.2) is 4.98 Å². The van der Waals surface area contributed by atoms with Crippen molar-refractivity contribution in [2.24, 2.45) is 0 Å². The zero-order valence-corrected chi connectivity index (χ0v) is 20.1. The maximum absolute atomic E-state index is 13.2. The standard InChI is InChI=1S/C24H23Cl2N5O3/c1-15-27-23(29-28-15)21(32)13-22(33)31(14-16-4-9-19(25)20(26)12-16)18-7-5-17(6-8-18)24(34)30-10-2-3-11-30/h4-9,12H,2-3,10-11,13-14H2,1H3,(H,27,28,29). The molecular formula is C24H23Cl2N5O3. The number of ketones is 1. The van der Waals surface area contributed by atoms with Gasteiger partial charge in [-0.1, -0.05) is 29.3 Å². The number of aromatic nitrogens is 3. The van der Waals surface area contributed by atoms with Crippen LogP contribution in [0.5, 0.6) is 0 Å². The highest BCUT2D eigenvalue weighted by molar-refractivity contribution is 6.42. The number of aromatic amines is 1. The molecule has 10 heteroatoms. The summed E-state index contributed by atoms with van der Waals surface area (Å²) in [6, 6.07) is 11.9. The number of aryl methyl sites for hydroxylation is 1. The molecule has 2 heterocycles. The minimum absolute atomic E-state index is 0.0263. The number of halogens is 2. The molecule has 3 aromatic rings. The van der Waals surface area contributed by atoms with Gasteiger partial charge in [-0.2, -0.15) is 5.10 Å². The second-order valence-electron chi connectivity index (χ2n) is 8.12. The summed E-state index contributed by atoms with van der Waals surface area (Å²) in [6.07, 6.45) is 1.61. The van der Waals surface area contributed by atoms with E-state index < -0.39 is 18.1 Å². The van der Waals surface area contributed by atoms with Crippen LogP contribution in [-0.4, -0.2) is 50.8 Å². The van der Waals surface area contributed by atoms with Crippen molar-refractivity contribution in [3.05, 3.63) is 75.3 Å². The minimum atomic E-state index is -0.491. The van der Waals surface area contributed by atoms with Gasteiger partial charge >= 0.3 is 0 Å². The van der Waals surface area contributed by atoms with E-state index in [-0.39, 0.29) is 18.3 Å². The Balaban J connectivity index is 1.58. The molecule has 0 spiro atoms. The fraction of sp³-hybridized carbons (Fsp3) is 0.292. The number of hydrogen-bond acceptors (Lipinski definition) is 5. The lowest BCUT2D eigenvalue weighted by atomic mass is 10.1. The molecular weight excluding hydrogens is 477 g/mol. The highest BCUT2D eigenvalue weighted by Crippen LogP contribution is 2.26. The van der Waals surface area contributed by atoms with Crippen molar-refractivity contribution in [1.82, 2.24) is 20.1 Å². The van der Waals surface area contributed by atoms with Gasteiger partial charge in [0.1, 0.15) is 5.82 Å². The van der Waals surface area contributed by atoms with Crippen LogP contribution in [-0.2, 0) is 11.3 Å². The maximum Gasteiger partial charge on any atom is 0.253 e. The summed E-state index contributed by atoms with van der Waals surface area (Å²) in [5, 5.41) is 7.22. The smallest absolute Gasteiger partial charge is 0.253 e. The zero-order valence-electron chi connectivity index (χ0n) is 18.6. The Kier molecular flexibility index (Phi) is 7.29. The Morgan fingerprint density at radius 2 is 1.74 bits per heavy atom. The van der Waals surface area contributed by atoms with Crippen LogP contribution in [0.3, 0.4) is 0 Å². The summed E-state index contributed by atoms with van der Waals surface area (Å²) in [7, 11) is 0. The van der Waals surface area contributed by atoms with Crippen LogP contribution >= 0.6 is 23.2 Å². The van der Waals surface area contributed by atoms with Crippen molar-refractivity contribution in [2.45, 2.75) is 32.7 Å². The molecule has 2 amide bonds. The molecule has 0 aliphatic carbocycles. The normalized spacial score (nSPS) is 13.2. The van der Waals surface area contributed by atoms with E-state index in [2.05, 4.69) is 15.2 Å². The highest BCUT2D eigenvalue weighted by Gasteiger charge is 2.24. The van der Waals surface area contributed by atoms with Crippen LogP contribution in [0.1, 0.15) is 51.6 Å². The molecule has 1 aliphatic heterocycles. The lowest BCUT2D eigenvalue weighted by Gasteiger charge is -2.23. The van der Waals surface area contributed by atoms with Gasteiger partial charge in [0.25, 0.3) is 5.91 Å². The first-order valence-electron chi connectivity index (χ1n) is 10.9. The molecule has 1 aromatic heterocycles. The summed E-state index contributed by atoms with van der Waals surface area (Å²) in [4.78, 5) is 45.8. The van der Waals surface area contributed by atoms with Gasteiger partial charge in [0.2, 0.25) is 17.5 Å². The molecule has 176 valence electrons. The quantitative estimate of drug-likeness (QED) is 0.382. The number of rotatable bonds is 7. The van der Waals surface area contributed by atoms with E-state index in [1.165, 1.54) is 4.90 Å². The molecule has 4 rings (SSSR count). The molecule has 2 aromatic carbocycles. The summed E-state index contributed by atoms with van der Waals surface area (Å²) >= 11 is 12.2. The third-order valence-electron chi connectivity index (χ3n) is 5.60. The number of H-pyrrole nitrogens is 1. The van der Waals surface area contributed by atoms with Crippen LogP contribution in [0.15, 0.2) is 42.5 Å². The molecule has 1 N–H and O–H groups in total. The van der Waals surface area contributed by atoms with Crippen LogP contribution < -0.4 is 4.90 Å². The second kappa shape index (κ2) is 10.4. The number of carbonyl (C=O) groups is 3. The summed E-state index contributed by atoms with van der Waals surface area (Å²) in [6.45, 7) is 3.35. The number of benzene rings is 2. The number of anilines is 1. The van der Waals surface area contributed by atoms with E-state index in [1.807, 2.05) is 4.90 Å². The molecule has 1 saturated heterocycles. The third-order valence-corrected chi connectivity index (χ3v) is 6.34. The Morgan fingerprint density at radius 3 is 2.35 bits per heavy atom. The van der Waals surface area contributed by atoms with Gasteiger partial charge in [-0.3, -0.25) is 19.5 Å². The SMILES string of the molecule is Cc1nc(C(=O)CC(=O)N(Cc2ccc(Cl)c(Cl)c2)c2ccc(C(=O)N3CCCC3)cc2)n[nH]1. The fourth-order valence-corrected chi connectivity index (χ4v) is 4.13. The van der Waals surface area contributed by atoms with Crippen LogP contribution in [0.4, 0.5) is 5.69 Å². The molecule has 0 unspecified atom stereocenters. The lowest BCUT2D eigenvalue weighted by Crippen LogP contribution is -2.32. The van der Waals surface area contributed by atoms with Gasteiger partial charge in [0.15, 0.2) is 0 Å². The average molecular weight is 500 g/mol. The minimum Gasteiger partial charge on any atom is -0.339 e. The molecule has 1 aliphatic rings. The monoisotopic (exact) mass is 499 g/mol. The molecule has 34 heavy (non-hydrogen) atoms. The van der Waals surface area contributed by atoms with Gasteiger partial charge in [-0.05, 0) is 61.7 Å². The predicted octanol–water partition coefficient (Wildman–Crippen LogP) is 4.46. The summed E-state index contributed by atoms with van der Waals surface area (Å²) in [5.41, 5.74) is 1.84. The summed E-state index contributed by atoms with van der Waals surface area (Å²) < 4.78 is 0. The Bertz CT molecular complexity index is 1220. The number of Topliss-reactive ketones (excluding diaryl/α,β-unsaturated/α-hetero) is 1. The van der Waals surface area contributed by atoms with Gasteiger partial charge < -0.3 is 9.80 Å². The lowest BCUT2D eigenvalue weighted by molar-refractivity contribution is -0.117. The largest absolute Gasteiger partial charge is 0.339 e. The van der Waals surface area contributed by atoms with E-state index in [4.69, 9.17) is 23.2 Å². The van der Waals surface area contributed by atoms with E-state index in [0.29, 0.717) is 27.1 Å². The van der Waals surface area contributed by atoms with Crippen molar-refractivity contribution in [3.8, 4) is 0 Å². The Morgan fingerprint density at radius 1 is 1.03 bits per heavy atom. The first-order chi connectivity index (χ1) is 16.3. The number of carbonyl (C=O) groups excluding carboxylic acids is 3. The maximum atomic E-state index is 13.2. The van der Waals surface area contributed by atoms with Gasteiger partial charge in [0, 0.05) is 24.3 Å². The van der Waals surface area contributed by atoms with Crippen molar-refractivity contribution >= 4 is 46.5 Å². The first-order valence-corrected chi connectivity index (χ1v) is 11.6. The molecule has 0 saturated carbocycles. The van der Waals surface area contributed by atoms with E-state index in [0.717, 1.165) is 31.5 Å². The van der Waals surface area contributed by atoms with E-state index >= 15 is 0 Å². The second-order valence-corrected chi connectivity index (χ2v) is 8.93. The number of nitrogens with one attached hydrogen (secondary N) is 1. The van der Waals surface area contributed by atoms with Crippen molar-refractivity contribution in [2.75, 3.05) is 18.0 Å². The zero-order chi connectivity index (χ0) is 24.2. The number of likely N-dealkylation sites (tertiary alicyclic amines) is 1. The van der Waals surface area contributed by atoms with Crippen LogP contribution in [0.2, 0.25) is 10.0 Å².